The molecule has 2 rings (SSSR count). The third kappa shape index (κ3) is 3.17. The number of aryl methyl sites for hydroxylation is 2. The van der Waals surface area contributed by atoms with Gasteiger partial charge in [-0.05, 0) is 26.3 Å². The van der Waals surface area contributed by atoms with Crippen LogP contribution >= 0.6 is 0 Å². The topological polar surface area (TPSA) is 52.0 Å². The molecule has 3 nitrogen and oxygen atoms in total. The molecule has 3 heteroatoms. The summed E-state index contributed by atoms with van der Waals surface area (Å²) in [7, 11) is 0. The number of benzene rings is 1. The zero-order chi connectivity index (χ0) is 12.1. The van der Waals surface area contributed by atoms with Crippen LogP contribution < -0.4 is 5.73 Å². The summed E-state index contributed by atoms with van der Waals surface area (Å²) < 4.78 is 5.31. The molecule has 0 saturated carbocycles. The Balaban J connectivity index is 2.04. The Morgan fingerprint density at radius 3 is 2.65 bits per heavy atom. The molecular weight excluding hydrogens is 212 g/mol. The largest absolute Gasteiger partial charge is 0.361 e. The van der Waals surface area contributed by atoms with Gasteiger partial charge in [0.15, 0.2) is 0 Å². The molecule has 0 radical (unpaired) electrons. The highest BCUT2D eigenvalue weighted by Gasteiger charge is 2.05. The van der Waals surface area contributed by atoms with Gasteiger partial charge < -0.3 is 10.3 Å². The van der Waals surface area contributed by atoms with Gasteiger partial charge in [0.25, 0.3) is 0 Å². The fourth-order valence-electron chi connectivity index (χ4n) is 1.73. The fourth-order valence-corrected chi connectivity index (χ4v) is 1.73. The second-order valence-electron chi connectivity index (χ2n) is 4.29. The van der Waals surface area contributed by atoms with E-state index in [0.29, 0.717) is 0 Å². The Hall–Kier alpha value is -1.61. The van der Waals surface area contributed by atoms with Gasteiger partial charge in [0.1, 0.15) is 11.5 Å². The van der Waals surface area contributed by atoms with Crippen molar-refractivity contribution in [3.8, 4) is 11.3 Å². The van der Waals surface area contributed by atoms with Crippen LogP contribution in [0.4, 0.5) is 0 Å². The van der Waals surface area contributed by atoms with E-state index >= 15 is 0 Å². The molecule has 0 fully saturated rings. The van der Waals surface area contributed by atoms with E-state index < -0.39 is 0 Å². The van der Waals surface area contributed by atoms with E-state index in [1.165, 1.54) is 5.56 Å². The van der Waals surface area contributed by atoms with E-state index in [9.17, 15) is 0 Å². The number of nitrogens with two attached hydrogens (primary N) is 1. The molecule has 0 bridgehead atoms. The zero-order valence-corrected chi connectivity index (χ0v) is 10.1. The van der Waals surface area contributed by atoms with Gasteiger partial charge in [0.05, 0.1) is 0 Å². The van der Waals surface area contributed by atoms with Crippen LogP contribution in [-0.4, -0.2) is 11.7 Å². The first-order valence-corrected chi connectivity index (χ1v) is 6.02. The van der Waals surface area contributed by atoms with E-state index in [1.54, 1.807) is 0 Å². The van der Waals surface area contributed by atoms with E-state index in [-0.39, 0.29) is 0 Å². The van der Waals surface area contributed by atoms with Crippen molar-refractivity contribution in [2.24, 2.45) is 5.73 Å². The van der Waals surface area contributed by atoms with Crippen LogP contribution in [-0.2, 0) is 6.42 Å². The summed E-state index contributed by atoms with van der Waals surface area (Å²) in [6, 6.07) is 10.3. The van der Waals surface area contributed by atoms with Gasteiger partial charge in [-0.15, -0.1) is 0 Å². The lowest BCUT2D eigenvalue weighted by atomic mass is 10.1. The molecule has 90 valence electrons. The Labute approximate surface area is 102 Å². The SMILES string of the molecule is Cc1ccc(-c2cc(CCCCN)on2)cc1. The minimum atomic E-state index is 0.735. The average Bonchev–Trinajstić information content (AvgIpc) is 2.79. The lowest BCUT2D eigenvalue weighted by Gasteiger charge is -1.95. The van der Waals surface area contributed by atoms with Crippen molar-refractivity contribution < 1.29 is 4.52 Å². The Kier molecular flexibility index (Phi) is 3.94. The molecule has 0 saturated heterocycles. The van der Waals surface area contributed by atoms with Gasteiger partial charge in [-0.1, -0.05) is 35.0 Å². The molecule has 0 aliphatic heterocycles. The predicted octanol–water partition coefficient (Wildman–Crippen LogP) is 2.93. The second-order valence-corrected chi connectivity index (χ2v) is 4.29. The molecule has 0 unspecified atom stereocenters. The number of aromatic nitrogens is 1. The van der Waals surface area contributed by atoms with Crippen LogP contribution in [0, 0.1) is 6.92 Å². The van der Waals surface area contributed by atoms with E-state index in [0.717, 1.165) is 42.8 Å². The lowest BCUT2D eigenvalue weighted by molar-refractivity contribution is 0.381. The van der Waals surface area contributed by atoms with Crippen LogP contribution in [0.25, 0.3) is 11.3 Å². The third-order valence-corrected chi connectivity index (χ3v) is 2.78. The molecular formula is C14H18N2O. The first-order chi connectivity index (χ1) is 8.29. The standard InChI is InChI=1S/C14H18N2O/c1-11-5-7-12(8-6-11)14-10-13(17-16-14)4-2-3-9-15/h5-8,10H,2-4,9,15H2,1H3. The Morgan fingerprint density at radius 2 is 1.94 bits per heavy atom. The molecule has 1 aromatic heterocycles. The summed E-state index contributed by atoms with van der Waals surface area (Å²) in [6.45, 7) is 2.81. The molecule has 0 spiro atoms. The number of unbranched alkanes of at least 4 members (excludes halogenated alkanes) is 1. The summed E-state index contributed by atoms with van der Waals surface area (Å²) in [5, 5.41) is 4.09. The normalized spacial score (nSPS) is 10.7. The molecule has 0 amide bonds. The van der Waals surface area contributed by atoms with Crippen molar-refractivity contribution in [2.45, 2.75) is 26.2 Å². The maximum Gasteiger partial charge on any atom is 0.137 e. The molecule has 17 heavy (non-hydrogen) atoms. The fraction of sp³-hybridized carbons (Fsp3) is 0.357. The summed E-state index contributed by atoms with van der Waals surface area (Å²) in [6.07, 6.45) is 3.00. The molecule has 0 aliphatic rings. The van der Waals surface area contributed by atoms with E-state index in [4.69, 9.17) is 10.3 Å². The smallest absolute Gasteiger partial charge is 0.137 e. The first kappa shape index (κ1) is 11.9. The van der Waals surface area contributed by atoms with Crippen LogP contribution in [0.3, 0.4) is 0 Å². The van der Waals surface area contributed by atoms with E-state index in [1.807, 2.05) is 6.07 Å². The van der Waals surface area contributed by atoms with Crippen molar-refractivity contribution in [1.29, 1.82) is 0 Å². The molecule has 0 aliphatic carbocycles. The number of nitrogens with zero attached hydrogens (tertiary/aromatic N) is 1. The van der Waals surface area contributed by atoms with Crippen molar-refractivity contribution in [1.82, 2.24) is 5.16 Å². The van der Waals surface area contributed by atoms with Crippen LogP contribution in [0.15, 0.2) is 34.9 Å². The monoisotopic (exact) mass is 230 g/mol. The summed E-state index contributed by atoms with van der Waals surface area (Å²) in [5.74, 6) is 0.939. The van der Waals surface area contributed by atoms with Gasteiger partial charge in [-0.2, -0.15) is 0 Å². The highest BCUT2D eigenvalue weighted by molar-refractivity contribution is 5.59. The van der Waals surface area contributed by atoms with Gasteiger partial charge in [-0.25, -0.2) is 0 Å². The van der Waals surface area contributed by atoms with Crippen molar-refractivity contribution in [3.05, 3.63) is 41.7 Å². The molecule has 2 N–H and O–H groups in total. The minimum absolute atomic E-state index is 0.735. The zero-order valence-electron chi connectivity index (χ0n) is 10.1. The van der Waals surface area contributed by atoms with Crippen LogP contribution in [0.1, 0.15) is 24.2 Å². The van der Waals surface area contributed by atoms with Gasteiger partial charge in [0, 0.05) is 18.1 Å². The Bertz CT molecular complexity index is 459. The van der Waals surface area contributed by atoms with Crippen LogP contribution in [0.5, 0.6) is 0 Å². The maximum atomic E-state index is 5.46. The molecule has 0 atom stereocenters. The summed E-state index contributed by atoms with van der Waals surface area (Å²) in [4.78, 5) is 0. The van der Waals surface area contributed by atoms with Gasteiger partial charge in [-0.3, -0.25) is 0 Å². The number of rotatable bonds is 5. The van der Waals surface area contributed by atoms with E-state index in [2.05, 4.69) is 36.3 Å². The number of hydrogen-bond donors (Lipinski definition) is 1. The quantitative estimate of drug-likeness (QED) is 0.803. The molecule has 1 heterocycles. The average molecular weight is 230 g/mol. The molecule has 2 aromatic rings. The Morgan fingerprint density at radius 1 is 1.18 bits per heavy atom. The highest BCUT2D eigenvalue weighted by Crippen LogP contribution is 2.20. The van der Waals surface area contributed by atoms with Crippen molar-refractivity contribution in [2.75, 3.05) is 6.54 Å². The lowest BCUT2D eigenvalue weighted by Crippen LogP contribution is -1.98. The third-order valence-electron chi connectivity index (χ3n) is 2.78. The number of hydrogen-bond acceptors (Lipinski definition) is 3. The van der Waals surface area contributed by atoms with Gasteiger partial charge >= 0.3 is 0 Å². The minimum Gasteiger partial charge on any atom is -0.361 e. The maximum absolute atomic E-state index is 5.46. The molecule has 1 aromatic carbocycles. The van der Waals surface area contributed by atoms with Gasteiger partial charge in [0.2, 0.25) is 0 Å². The predicted molar refractivity (Wildman–Crippen MR) is 68.7 cm³/mol. The highest BCUT2D eigenvalue weighted by atomic mass is 16.5. The second kappa shape index (κ2) is 5.64. The van der Waals surface area contributed by atoms with Crippen LogP contribution in [0.2, 0.25) is 0 Å². The first-order valence-electron chi connectivity index (χ1n) is 6.02. The van der Waals surface area contributed by atoms with Crippen molar-refractivity contribution >= 4 is 0 Å². The van der Waals surface area contributed by atoms with Crippen molar-refractivity contribution in [3.63, 3.8) is 0 Å². The summed E-state index contributed by atoms with van der Waals surface area (Å²) in [5.41, 5.74) is 8.72. The summed E-state index contributed by atoms with van der Waals surface area (Å²) >= 11 is 0.